The second-order valence-electron chi connectivity index (χ2n) is 4.50. The third-order valence-electron chi connectivity index (χ3n) is 2.91. The van der Waals surface area contributed by atoms with Crippen molar-refractivity contribution in [2.45, 2.75) is 6.10 Å². The molecule has 0 amide bonds. The van der Waals surface area contributed by atoms with Crippen molar-refractivity contribution in [1.82, 2.24) is 0 Å². The van der Waals surface area contributed by atoms with Crippen LogP contribution in [0.25, 0.3) is 0 Å². The molecule has 1 fully saturated rings. The number of ether oxygens (including phenoxy) is 3. The molecule has 3 rings (SSSR count). The van der Waals surface area contributed by atoms with Crippen LogP contribution in [0.15, 0.2) is 48.5 Å². The Morgan fingerprint density at radius 2 is 1.95 bits per heavy atom. The van der Waals surface area contributed by atoms with Gasteiger partial charge in [-0.25, -0.2) is 0 Å². The smallest absolute Gasteiger partial charge is 0.153 e. The largest absolute Gasteiger partial charge is 0.490 e. The number of benzene rings is 2. The number of hydrogen-bond acceptors (Lipinski definition) is 4. The van der Waals surface area contributed by atoms with Gasteiger partial charge in [-0.05, 0) is 30.3 Å². The van der Waals surface area contributed by atoms with E-state index in [2.05, 4.69) is 0 Å². The van der Waals surface area contributed by atoms with Crippen LogP contribution in [-0.2, 0) is 4.74 Å². The number of carbonyl (C=O) groups excluding carboxylic acids is 1. The third-order valence-corrected chi connectivity index (χ3v) is 2.91. The van der Waals surface area contributed by atoms with Crippen LogP contribution in [0.1, 0.15) is 10.4 Å². The molecule has 4 nitrogen and oxygen atoms in total. The molecular weight excluding hydrogens is 256 g/mol. The Kier molecular flexibility index (Phi) is 3.65. The molecule has 1 aliphatic rings. The molecule has 20 heavy (non-hydrogen) atoms. The van der Waals surface area contributed by atoms with Gasteiger partial charge < -0.3 is 14.2 Å². The zero-order chi connectivity index (χ0) is 13.8. The second-order valence-corrected chi connectivity index (χ2v) is 4.50. The van der Waals surface area contributed by atoms with Gasteiger partial charge in [-0.3, -0.25) is 4.79 Å². The number of para-hydroxylation sites is 1. The summed E-state index contributed by atoms with van der Waals surface area (Å²) < 4.78 is 16.3. The van der Waals surface area contributed by atoms with E-state index in [-0.39, 0.29) is 6.10 Å². The summed E-state index contributed by atoms with van der Waals surface area (Å²) in [6.07, 6.45) is 0.927. The average Bonchev–Trinajstić information content (AvgIpc) is 3.31. The molecule has 0 N–H and O–H groups in total. The van der Waals surface area contributed by atoms with E-state index in [4.69, 9.17) is 14.2 Å². The highest BCUT2D eigenvalue weighted by Crippen LogP contribution is 2.27. The van der Waals surface area contributed by atoms with Crippen LogP contribution in [0, 0.1) is 0 Å². The Morgan fingerprint density at radius 3 is 2.65 bits per heavy atom. The van der Waals surface area contributed by atoms with Gasteiger partial charge in [-0.15, -0.1) is 0 Å². The first-order valence-electron chi connectivity index (χ1n) is 6.42. The van der Waals surface area contributed by atoms with E-state index >= 15 is 0 Å². The van der Waals surface area contributed by atoms with Gasteiger partial charge in [0.1, 0.15) is 30.0 Å². The molecule has 2 aromatic carbocycles. The summed E-state index contributed by atoms with van der Waals surface area (Å²) in [4.78, 5) is 11.1. The van der Waals surface area contributed by atoms with Crippen molar-refractivity contribution in [2.24, 2.45) is 0 Å². The van der Waals surface area contributed by atoms with Gasteiger partial charge >= 0.3 is 0 Å². The van der Waals surface area contributed by atoms with Crippen LogP contribution in [0.2, 0.25) is 0 Å². The van der Waals surface area contributed by atoms with Gasteiger partial charge in [0, 0.05) is 0 Å². The van der Waals surface area contributed by atoms with Gasteiger partial charge in [-0.1, -0.05) is 18.2 Å². The quantitative estimate of drug-likeness (QED) is 0.598. The minimum Gasteiger partial charge on any atom is -0.490 e. The summed E-state index contributed by atoms with van der Waals surface area (Å²) in [6.45, 7) is 1.20. The first-order chi connectivity index (χ1) is 9.85. The van der Waals surface area contributed by atoms with Crippen molar-refractivity contribution >= 4 is 6.29 Å². The minimum absolute atomic E-state index is 0.162. The van der Waals surface area contributed by atoms with Gasteiger partial charge in [0.05, 0.1) is 12.2 Å². The molecular formula is C16H14O4. The van der Waals surface area contributed by atoms with E-state index in [1.807, 2.05) is 30.3 Å². The van der Waals surface area contributed by atoms with Crippen LogP contribution in [0.3, 0.4) is 0 Å². The van der Waals surface area contributed by atoms with E-state index in [9.17, 15) is 4.79 Å². The summed E-state index contributed by atoms with van der Waals surface area (Å²) in [6, 6.07) is 14.6. The van der Waals surface area contributed by atoms with Crippen LogP contribution in [-0.4, -0.2) is 25.6 Å². The molecule has 102 valence electrons. The lowest BCUT2D eigenvalue weighted by atomic mass is 10.2. The van der Waals surface area contributed by atoms with Crippen LogP contribution >= 0.6 is 0 Å². The summed E-state index contributed by atoms with van der Waals surface area (Å²) in [5.74, 6) is 1.88. The summed E-state index contributed by atoms with van der Waals surface area (Å²) >= 11 is 0. The number of epoxide rings is 1. The van der Waals surface area contributed by atoms with Crippen molar-refractivity contribution in [3.8, 4) is 17.2 Å². The number of carbonyl (C=O) groups is 1. The average molecular weight is 270 g/mol. The fourth-order valence-corrected chi connectivity index (χ4v) is 1.79. The second kappa shape index (κ2) is 5.75. The third kappa shape index (κ3) is 3.16. The first kappa shape index (κ1) is 12.7. The summed E-state index contributed by atoms with van der Waals surface area (Å²) in [5, 5.41) is 0. The zero-order valence-electron chi connectivity index (χ0n) is 10.8. The molecule has 0 aromatic heterocycles. The van der Waals surface area contributed by atoms with Crippen molar-refractivity contribution in [3.63, 3.8) is 0 Å². The molecule has 1 saturated heterocycles. The maximum atomic E-state index is 11.1. The van der Waals surface area contributed by atoms with Crippen molar-refractivity contribution in [1.29, 1.82) is 0 Å². The molecule has 0 radical (unpaired) electrons. The van der Waals surface area contributed by atoms with Gasteiger partial charge in [-0.2, -0.15) is 0 Å². The van der Waals surface area contributed by atoms with E-state index in [0.717, 1.165) is 18.6 Å². The highest BCUT2D eigenvalue weighted by molar-refractivity contribution is 5.80. The predicted molar refractivity (Wildman–Crippen MR) is 73.6 cm³/mol. The van der Waals surface area contributed by atoms with E-state index in [1.165, 1.54) is 0 Å². The Balaban J connectivity index is 1.73. The molecule has 4 heteroatoms. The fraction of sp³-hybridized carbons (Fsp3) is 0.188. The Bertz CT molecular complexity index is 591. The molecule has 1 atom stereocenters. The van der Waals surface area contributed by atoms with Gasteiger partial charge in [0.25, 0.3) is 0 Å². The highest BCUT2D eigenvalue weighted by Gasteiger charge is 2.23. The van der Waals surface area contributed by atoms with Crippen molar-refractivity contribution < 1.29 is 19.0 Å². The SMILES string of the molecule is O=Cc1cc(Oc2ccccc2)ccc1OCC1CO1. The number of hydrogen-bond donors (Lipinski definition) is 0. The monoisotopic (exact) mass is 270 g/mol. The van der Waals surface area contributed by atoms with E-state index < -0.39 is 0 Å². The molecule has 1 unspecified atom stereocenters. The molecule has 0 aliphatic carbocycles. The normalized spacial score (nSPS) is 16.5. The van der Waals surface area contributed by atoms with Crippen LogP contribution in [0.4, 0.5) is 0 Å². The molecule has 0 spiro atoms. The summed E-state index contributed by atoms with van der Waals surface area (Å²) in [7, 11) is 0. The van der Waals surface area contributed by atoms with E-state index in [0.29, 0.717) is 23.7 Å². The van der Waals surface area contributed by atoms with Crippen LogP contribution < -0.4 is 9.47 Å². The first-order valence-corrected chi connectivity index (χ1v) is 6.42. The van der Waals surface area contributed by atoms with E-state index in [1.54, 1.807) is 18.2 Å². The summed E-state index contributed by atoms with van der Waals surface area (Å²) in [5.41, 5.74) is 0.471. The predicted octanol–water partition coefficient (Wildman–Crippen LogP) is 3.07. The molecule has 0 bridgehead atoms. The van der Waals surface area contributed by atoms with Gasteiger partial charge in [0.15, 0.2) is 6.29 Å². The molecule has 2 aromatic rings. The lowest BCUT2D eigenvalue weighted by Crippen LogP contribution is -2.05. The standard InChI is InChI=1S/C16H14O4/c17-9-12-8-14(20-13-4-2-1-3-5-13)6-7-16(12)19-11-15-10-18-15/h1-9,15H,10-11H2. The Hall–Kier alpha value is -2.33. The van der Waals surface area contributed by atoms with Gasteiger partial charge in [0.2, 0.25) is 0 Å². The Morgan fingerprint density at radius 1 is 1.15 bits per heavy atom. The fourth-order valence-electron chi connectivity index (χ4n) is 1.79. The number of rotatable bonds is 6. The zero-order valence-corrected chi connectivity index (χ0v) is 10.8. The molecule has 1 aliphatic heterocycles. The lowest BCUT2D eigenvalue weighted by Gasteiger charge is -2.10. The molecule has 1 heterocycles. The lowest BCUT2D eigenvalue weighted by molar-refractivity contribution is 0.111. The van der Waals surface area contributed by atoms with Crippen molar-refractivity contribution in [3.05, 3.63) is 54.1 Å². The maximum Gasteiger partial charge on any atom is 0.153 e. The van der Waals surface area contributed by atoms with Crippen LogP contribution in [0.5, 0.6) is 17.2 Å². The molecule has 0 saturated carbocycles. The minimum atomic E-state index is 0.162. The number of aldehydes is 1. The highest BCUT2D eigenvalue weighted by atomic mass is 16.6. The topological polar surface area (TPSA) is 48.1 Å². The maximum absolute atomic E-state index is 11.1. The Labute approximate surface area is 116 Å². The van der Waals surface area contributed by atoms with Crippen molar-refractivity contribution in [2.75, 3.05) is 13.2 Å².